The van der Waals surface area contributed by atoms with E-state index in [1.54, 1.807) is 0 Å². The van der Waals surface area contributed by atoms with Crippen LogP contribution in [0.1, 0.15) is 36.3 Å². The number of hydrogen-bond donors (Lipinski definition) is 1. The van der Waals surface area contributed by atoms with Crippen molar-refractivity contribution in [2.45, 2.75) is 39.3 Å². The van der Waals surface area contributed by atoms with Gasteiger partial charge in [-0.1, -0.05) is 0 Å². The molecular formula is C12H21N3O. The second-order valence-electron chi connectivity index (χ2n) is 4.66. The molecule has 2 rings (SSSR count). The first-order valence-corrected chi connectivity index (χ1v) is 5.93. The second kappa shape index (κ2) is 4.55. The molecule has 0 aromatic carbocycles. The lowest BCUT2D eigenvalue weighted by Crippen LogP contribution is -2.32. The molecule has 1 aromatic rings. The second-order valence-corrected chi connectivity index (χ2v) is 4.66. The van der Waals surface area contributed by atoms with Crippen LogP contribution in [0.4, 0.5) is 0 Å². The minimum atomic E-state index is 0.348. The van der Waals surface area contributed by atoms with Gasteiger partial charge in [-0.2, -0.15) is 5.10 Å². The third-order valence-electron chi connectivity index (χ3n) is 3.41. The van der Waals surface area contributed by atoms with Crippen molar-refractivity contribution in [3.8, 4) is 0 Å². The number of ether oxygens (including phenoxy) is 1. The maximum Gasteiger partial charge on any atom is 0.0644 e. The average molecular weight is 223 g/mol. The van der Waals surface area contributed by atoms with Crippen molar-refractivity contribution in [3.63, 3.8) is 0 Å². The Labute approximate surface area is 97.0 Å². The van der Waals surface area contributed by atoms with Gasteiger partial charge in [-0.3, -0.25) is 4.68 Å². The summed E-state index contributed by atoms with van der Waals surface area (Å²) >= 11 is 0. The van der Waals surface area contributed by atoms with Gasteiger partial charge >= 0.3 is 0 Å². The Bertz CT molecular complexity index is 367. The van der Waals surface area contributed by atoms with Gasteiger partial charge in [0.25, 0.3) is 0 Å². The summed E-state index contributed by atoms with van der Waals surface area (Å²) in [5, 5.41) is 8.06. The summed E-state index contributed by atoms with van der Waals surface area (Å²) in [6.07, 6.45) is 1.11. The smallest absolute Gasteiger partial charge is 0.0644 e. The SMILES string of the molecule is Cc1nn(C)c(C)c1C(C)NC1CCOC1. The van der Waals surface area contributed by atoms with Gasteiger partial charge in [0.05, 0.1) is 12.3 Å². The van der Waals surface area contributed by atoms with Crippen molar-refractivity contribution in [1.29, 1.82) is 0 Å². The Morgan fingerprint density at radius 3 is 2.75 bits per heavy atom. The molecule has 0 amide bonds. The van der Waals surface area contributed by atoms with Crippen molar-refractivity contribution in [3.05, 3.63) is 17.0 Å². The fourth-order valence-corrected chi connectivity index (χ4v) is 2.52. The third kappa shape index (κ3) is 2.13. The molecule has 4 heteroatoms. The van der Waals surface area contributed by atoms with E-state index in [2.05, 4.69) is 31.2 Å². The molecule has 1 fully saturated rings. The molecule has 2 unspecified atom stereocenters. The summed E-state index contributed by atoms with van der Waals surface area (Å²) in [5.41, 5.74) is 3.70. The molecule has 0 bridgehead atoms. The van der Waals surface area contributed by atoms with E-state index in [1.165, 1.54) is 11.3 Å². The summed E-state index contributed by atoms with van der Waals surface area (Å²) in [4.78, 5) is 0. The van der Waals surface area contributed by atoms with Gasteiger partial charge in [0.1, 0.15) is 0 Å². The standard InChI is InChI=1S/C12H21N3O/c1-8(13-11-5-6-16-7-11)12-9(2)14-15(4)10(12)3/h8,11,13H,5-7H2,1-4H3. The van der Waals surface area contributed by atoms with Gasteiger partial charge in [0, 0.05) is 37.0 Å². The molecule has 2 atom stereocenters. The molecule has 4 nitrogen and oxygen atoms in total. The first-order chi connectivity index (χ1) is 7.59. The number of aromatic nitrogens is 2. The highest BCUT2D eigenvalue weighted by atomic mass is 16.5. The van der Waals surface area contributed by atoms with E-state index in [1.807, 2.05) is 11.7 Å². The minimum Gasteiger partial charge on any atom is -0.380 e. The summed E-state index contributed by atoms with van der Waals surface area (Å²) in [5.74, 6) is 0. The summed E-state index contributed by atoms with van der Waals surface area (Å²) in [7, 11) is 2.00. The molecule has 16 heavy (non-hydrogen) atoms. The van der Waals surface area contributed by atoms with Crippen LogP contribution in [0.5, 0.6) is 0 Å². The fraction of sp³-hybridized carbons (Fsp3) is 0.750. The number of hydrogen-bond acceptors (Lipinski definition) is 3. The number of aryl methyl sites for hydroxylation is 2. The molecule has 90 valence electrons. The molecule has 0 saturated carbocycles. The molecule has 1 N–H and O–H groups in total. The lowest BCUT2D eigenvalue weighted by molar-refractivity contribution is 0.188. The zero-order valence-electron chi connectivity index (χ0n) is 10.6. The Hall–Kier alpha value is -0.870. The van der Waals surface area contributed by atoms with Gasteiger partial charge in [-0.25, -0.2) is 0 Å². The van der Waals surface area contributed by atoms with Crippen LogP contribution in [-0.2, 0) is 11.8 Å². The van der Waals surface area contributed by atoms with Crippen LogP contribution in [-0.4, -0.2) is 29.0 Å². The molecule has 0 aliphatic carbocycles. The van der Waals surface area contributed by atoms with Crippen molar-refractivity contribution in [2.24, 2.45) is 7.05 Å². The van der Waals surface area contributed by atoms with Crippen molar-refractivity contribution >= 4 is 0 Å². The highest BCUT2D eigenvalue weighted by Gasteiger charge is 2.21. The van der Waals surface area contributed by atoms with Crippen LogP contribution in [0.2, 0.25) is 0 Å². The van der Waals surface area contributed by atoms with E-state index >= 15 is 0 Å². The van der Waals surface area contributed by atoms with Crippen LogP contribution in [0.3, 0.4) is 0 Å². The van der Waals surface area contributed by atoms with E-state index in [0.717, 1.165) is 25.3 Å². The minimum absolute atomic E-state index is 0.348. The first kappa shape index (κ1) is 11.6. The summed E-state index contributed by atoms with van der Waals surface area (Å²) in [6.45, 7) is 8.12. The Morgan fingerprint density at radius 2 is 2.25 bits per heavy atom. The largest absolute Gasteiger partial charge is 0.380 e. The van der Waals surface area contributed by atoms with Crippen molar-refractivity contribution in [2.75, 3.05) is 13.2 Å². The van der Waals surface area contributed by atoms with Crippen molar-refractivity contribution in [1.82, 2.24) is 15.1 Å². The van der Waals surface area contributed by atoms with E-state index < -0.39 is 0 Å². The highest BCUT2D eigenvalue weighted by molar-refractivity contribution is 5.27. The Kier molecular flexibility index (Phi) is 3.30. The third-order valence-corrected chi connectivity index (χ3v) is 3.41. The molecule has 0 spiro atoms. The molecule has 1 aliphatic rings. The van der Waals surface area contributed by atoms with E-state index in [9.17, 15) is 0 Å². The maximum atomic E-state index is 5.38. The first-order valence-electron chi connectivity index (χ1n) is 5.93. The predicted octanol–water partition coefficient (Wildman–Crippen LogP) is 1.48. The number of rotatable bonds is 3. The zero-order valence-corrected chi connectivity index (χ0v) is 10.6. The maximum absolute atomic E-state index is 5.38. The van der Waals surface area contributed by atoms with E-state index in [-0.39, 0.29) is 0 Å². The molecule has 1 aromatic heterocycles. The molecule has 0 radical (unpaired) electrons. The van der Waals surface area contributed by atoms with Crippen LogP contribution < -0.4 is 5.32 Å². The Morgan fingerprint density at radius 1 is 1.50 bits per heavy atom. The van der Waals surface area contributed by atoms with Gasteiger partial charge in [0.2, 0.25) is 0 Å². The van der Waals surface area contributed by atoms with Crippen LogP contribution >= 0.6 is 0 Å². The van der Waals surface area contributed by atoms with Gasteiger partial charge in [-0.15, -0.1) is 0 Å². The van der Waals surface area contributed by atoms with Crippen LogP contribution in [0.25, 0.3) is 0 Å². The van der Waals surface area contributed by atoms with Gasteiger partial charge in [0.15, 0.2) is 0 Å². The van der Waals surface area contributed by atoms with Crippen molar-refractivity contribution < 1.29 is 4.74 Å². The highest BCUT2D eigenvalue weighted by Crippen LogP contribution is 2.22. The number of nitrogens with zero attached hydrogens (tertiary/aromatic N) is 2. The topological polar surface area (TPSA) is 39.1 Å². The summed E-state index contributed by atoms with van der Waals surface area (Å²) < 4.78 is 7.33. The molecule has 1 aliphatic heterocycles. The number of nitrogens with one attached hydrogen (secondary N) is 1. The average Bonchev–Trinajstić information content (AvgIpc) is 2.77. The monoisotopic (exact) mass is 223 g/mol. The summed E-state index contributed by atoms with van der Waals surface area (Å²) in [6, 6.07) is 0.842. The fourth-order valence-electron chi connectivity index (χ4n) is 2.52. The van der Waals surface area contributed by atoms with E-state index in [4.69, 9.17) is 4.74 Å². The quantitative estimate of drug-likeness (QED) is 0.843. The van der Waals surface area contributed by atoms with Crippen LogP contribution in [0, 0.1) is 13.8 Å². The van der Waals surface area contributed by atoms with Gasteiger partial charge in [-0.05, 0) is 27.2 Å². The zero-order chi connectivity index (χ0) is 11.7. The van der Waals surface area contributed by atoms with Crippen LogP contribution in [0.15, 0.2) is 0 Å². The molecule has 2 heterocycles. The van der Waals surface area contributed by atoms with Gasteiger partial charge < -0.3 is 10.1 Å². The molecule has 1 saturated heterocycles. The predicted molar refractivity (Wildman–Crippen MR) is 63.5 cm³/mol. The molecular weight excluding hydrogens is 202 g/mol. The van der Waals surface area contributed by atoms with E-state index in [0.29, 0.717) is 12.1 Å². The normalized spacial score (nSPS) is 22.6. The Balaban J connectivity index is 2.10. The lowest BCUT2D eigenvalue weighted by Gasteiger charge is -2.18. The lowest BCUT2D eigenvalue weighted by atomic mass is 10.1.